The van der Waals surface area contributed by atoms with Crippen molar-refractivity contribution < 1.29 is 14.9 Å². The van der Waals surface area contributed by atoms with E-state index < -0.39 is 6.10 Å². The van der Waals surface area contributed by atoms with Crippen LogP contribution in [0.1, 0.15) is 39.2 Å². The average molecular weight is 295 g/mol. The predicted molar refractivity (Wildman–Crippen MR) is 85.7 cm³/mol. The monoisotopic (exact) mass is 295 g/mol. The Kier molecular flexibility index (Phi) is 7.72. The Bertz CT molecular complexity index is 411. The fourth-order valence-corrected chi connectivity index (χ4v) is 2.11. The molecule has 1 aromatic carbocycles. The van der Waals surface area contributed by atoms with Gasteiger partial charge in [0.25, 0.3) is 0 Å². The molecule has 4 nitrogen and oxygen atoms in total. The molecule has 0 aromatic heterocycles. The number of nitrogens with one attached hydrogen (secondary N) is 1. The molecule has 0 saturated carbocycles. The van der Waals surface area contributed by atoms with Crippen molar-refractivity contribution in [3.63, 3.8) is 0 Å². The zero-order valence-corrected chi connectivity index (χ0v) is 13.4. The fraction of sp³-hybridized carbons (Fsp3) is 0.647. The molecule has 0 bridgehead atoms. The third-order valence-electron chi connectivity index (χ3n) is 3.96. The molecular formula is C17H29NO3. The molecular weight excluding hydrogens is 266 g/mol. The predicted octanol–water partition coefficient (Wildman–Crippen LogP) is 2.13. The number of β-amino-alcohol motifs (C(OH)–C–C–N with tert-alkyl or cyclic N) is 1. The summed E-state index contributed by atoms with van der Waals surface area (Å²) in [4.78, 5) is 0. The summed E-state index contributed by atoms with van der Waals surface area (Å²) in [6.07, 6.45) is 1.98. The van der Waals surface area contributed by atoms with Gasteiger partial charge in [-0.05, 0) is 43.9 Å². The number of aliphatic hydroxyl groups excluding tert-OH is 2. The Hall–Kier alpha value is -1.10. The van der Waals surface area contributed by atoms with Gasteiger partial charge >= 0.3 is 0 Å². The van der Waals surface area contributed by atoms with Crippen molar-refractivity contribution in [3.8, 4) is 5.75 Å². The number of aryl methyl sites for hydroxylation is 1. The maximum atomic E-state index is 10.0. The second-order valence-electron chi connectivity index (χ2n) is 5.73. The number of hydrogen-bond donors (Lipinski definition) is 3. The fourth-order valence-electron chi connectivity index (χ4n) is 2.11. The molecule has 2 atom stereocenters. The van der Waals surface area contributed by atoms with Gasteiger partial charge in [0.2, 0.25) is 0 Å². The lowest BCUT2D eigenvalue weighted by Crippen LogP contribution is -2.47. The molecule has 0 aliphatic rings. The molecule has 1 rings (SSSR count). The lowest BCUT2D eigenvalue weighted by molar-refractivity contribution is 0.0934. The number of hydrogen-bond acceptors (Lipinski definition) is 4. The standard InChI is InChI=1S/C17H29NO3/c1-4-14-7-6-8-16(11-14)21-13-15(20)12-18-17(3,5-2)9-10-19/h6-8,11,15,18-20H,4-5,9-10,12-13H2,1-3H3. The quantitative estimate of drug-likeness (QED) is 0.619. The minimum Gasteiger partial charge on any atom is -0.491 e. The van der Waals surface area contributed by atoms with E-state index in [1.54, 1.807) is 0 Å². The summed E-state index contributed by atoms with van der Waals surface area (Å²) in [5.74, 6) is 0.794. The lowest BCUT2D eigenvalue weighted by atomic mass is 9.95. The van der Waals surface area contributed by atoms with E-state index in [1.807, 2.05) is 18.2 Å². The Morgan fingerprint density at radius 1 is 1.33 bits per heavy atom. The van der Waals surface area contributed by atoms with Gasteiger partial charge < -0.3 is 20.3 Å². The van der Waals surface area contributed by atoms with E-state index in [-0.39, 0.29) is 18.8 Å². The van der Waals surface area contributed by atoms with Crippen LogP contribution in [0.15, 0.2) is 24.3 Å². The Morgan fingerprint density at radius 2 is 2.10 bits per heavy atom. The van der Waals surface area contributed by atoms with Crippen LogP contribution in [0, 0.1) is 0 Å². The molecule has 0 spiro atoms. The van der Waals surface area contributed by atoms with Crippen LogP contribution in [0.25, 0.3) is 0 Å². The highest BCUT2D eigenvalue weighted by molar-refractivity contribution is 5.28. The molecule has 1 aromatic rings. The summed E-state index contributed by atoms with van der Waals surface area (Å²) in [7, 11) is 0. The van der Waals surface area contributed by atoms with Gasteiger partial charge in [-0.3, -0.25) is 0 Å². The maximum absolute atomic E-state index is 10.0. The smallest absolute Gasteiger partial charge is 0.119 e. The number of aliphatic hydroxyl groups is 2. The second-order valence-corrected chi connectivity index (χ2v) is 5.73. The van der Waals surface area contributed by atoms with E-state index in [4.69, 9.17) is 9.84 Å². The van der Waals surface area contributed by atoms with Crippen LogP contribution in [0.5, 0.6) is 5.75 Å². The van der Waals surface area contributed by atoms with Crippen LogP contribution in [-0.2, 0) is 6.42 Å². The molecule has 0 fully saturated rings. The van der Waals surface area contributed by atoms with E-state index >= 15 is 0 Å². The molecule has 21 heavy (non-hydrogen) atoms. The van der Waals surface area contributed by atoms with Crippen LogP contribution in [0.4, 0.5) is 0 Å². The molecule has 0 amide bonds. The Labute approximate surface area is 128 Å². The van der Waals surface area contributed by atoms with Gasteiger partial charge in [0.05, 0.1) is 0 Å². The SMILES string of the molecule is CCc1cccc(OCC(O)CNC(C)(CC)CCO)c1. The highest BCUT2D eigenvalue weighted by Crippen LogP contribution is 2.15. The van der Waals surface area contributed by atoms with Crippen molar-refractivity contribution in [3.05, 3.63) is 29.8 Å². The Balaban J connectivity index is 2.38. The van der Waals surface area contributed by atoms with Crippen molar-refractivity contribution >= 4 is 0 Å². The zero-order chi connectivity index (χ0) is 15.7. The highest BCUT2D eigenvalue weighted by atomic mass is 16.5. The molecule has 2 unspecified atom stereocenters. The normalized spacial score (nSPS) is 15.5. The summed E-state index contributed by atoms with van der Waals surface area (Å²) in [5, 5.41) is 22.4. The summed E-state index contributed by atoms with van der Waals surface area (Å²) in [5.41, 5.74) is 1.08. The average Bonchev–Trinajstić information content (AvgIpc) is 2.51. The molecule has 0 aliphatic carbocycles. The zero-order valence-electron chi connectivity index (χ0n) is 13.4. The summed E-state index contributed by atoms with van der Waals surface area (Å²) in [6.45, 7) is 7.10. The van der Waals surface area contributed by atoms with Crippen LogP contribution in [-0.4, -0.2) is 41.6 Å². The first-order valence-electron chi connectivity index (χ1n) is 7.78. The molecule has 0 saturated heterocycles. The van der Waals surface area contributed by atoms with Gasteiger partial charge in [-0.15, -0.1) is 0 Å². The summed E-state index contributed by atoms with van der Waals surface area (Å²) < 4.78 is 5.63. The minimum absolute atomic E-state index is 0.141. The van der Waals surface area contributed by atoms with Crippen LogP contribution in [0.2, 0.25) is 0 Å². The Morgan fingerprint density at radius 3 is 2.71 bits per heavy atom. The summed E-state index contributed by atoms with van der Waals surface area (Å²) >= 11 is 0. The molecule has 0 aliphatic heterocycles. The molecule has 0 radical (unpaired) electrons. The minimum atomic E-state index is -0.570. The maximum Gasteiger partial charge on any atom is 0.119 e. The van der Waals surface area contributed by atoms with Crippen molar-refractivity contribution in [2.24, 2.45) is 0 Å². The third-order valence-corrected chi connectivity index (χ3v) is 3.96. The highest BCUT2D eigenvalue weighted by Gasteiger charge is 2.21. The number of ether oxygens (including phenoxy) is 1. The van der Waals surface area contributed by atoms with Crippen molar-refractivity contribution in [2.45, 2.75) is 51.7 Å². The van der Waals surface area contributed by atoms with Crippen molar-refractivity contribution in [1.29, 1.82) is 0 Å². The first-order chi connectivity index (χ1) is 10.0. The topological polar surface area (TPSA) is 61.7 Å². The van der Waals surface area contributed by atoms with Gasteiger partial charge in [0, 0.05) is 18.7 Å². The van der Waals surface area contributed by atoms with E-state index in [1.165, 1.54) is 5.56 Å². The van der Waals surface area contributed by atoms with Crippen LogP contribution in [0.3, 0.4) is 0 Å². The van der Waals surface area contributed by atoms with Crippen molar-refractivity contribution in [2.75, 3.05) is 19.8 Å². The molecule has 4 heteroatoms. The van der Waals surface area contributed by atoms with Gasteiger partial charge in [-0.25, -0.2) is 0 Å². The van der Waals surface area contributed by atoms with Gasteiger partial charge in [0.15, 0.2) is 0 Å². The van der Waals surface area contributed by atoms with Crippen LogP contribution < -0.4 is 10.1 Å². The third kappa shape index (κ3) is 6.46. The van der Waals surface area contributed by atoms with E-state index in [0.717, 1.165) is 18.6 Å². The summed E-state index contributed by atoms with van der Waals surface area (Å²) in [6, 6.07) is 7.93. The molecule has 3 N–H and O–H groups in total. The van der Waals surface area contributed by atoms with E-state index in [2.05, 4.69) is 32.2 Å². The van der Waals surface area contributed by atoms with Crippen LogP contribution >= 0.6 is 0 Å². The van der Waals surface area contributed by atoms with Gasteiger partial charge in [-0.1, -0.05) is 26.0 Å². The molecule has 120 valence electrons. The lowest BCUT2D eigenvalue weighted by Gasteiger charge is -2.30. The van der Waals surface area contributed by atoms with E-state index in [9.17, 15) is 5.11 Å². The number of rotatable bonds is 10. The first-order valence-corrected chi connectivity index (χ1v) is 7.78. The van der Waals surface area contributed by atoms with Gasteiger partial charge in [0.1, 0.15) is 18.5 Å². The first kappa shape index (κ1) is 18.0. The molecule has 0 heterocycles. The largest absolute Gasteiger partial charge is 0.491 e. The second kappa shape index (κ2) is 9.03. The van der Waals surface area contributed by atoms with Crippen molar-refractivity contribution in [1.82, 2.24) is 5.32 Å². The number of benzene rings is 1. The van der Waals surface area contributed by atoms with E-state index in [0.29, 0.717) is 13.0 Å². The van der Waals surface area contributed by atoms with Gasteiger partial charge in [-0.2, -0.15) is 0 Å².